The smallest absolute Gasteiger partial charge is 0.134 e. The van der Waals surface area contributed by atoms with Crippen LogP contribution in [0.3, 0.4) is 0 Å². The van der Waals surface area contributed by atoms with Gasteiger partial charge in [-0.3, -0.25) is 5.10 Å². The van der Waals surface area contributed by atoms with Gasteiger partial charge < -0.3 is 20.2 Å². The number of nitrogens with zero attached hydrogens (tertiary/aromatic N) is 5. The predicted molar refractivity (Wildman–Crippen MR) is 115 cm³/mol. The second-order valence-electron chi connectivity index (χ2n) is 7.76. The first-order chi connectivity index (χ1) is 14.1. The molecule has 1 fully saturated rings. The summed E-state index contributed by atoms with van der Waals surface area (Å²) in [5, 5.41) is 22.3. The molecule has 1 aromatic carbocycles. The van der Waals surface area contributed by atoms with Gasteiger partial charge >= 0.3 is 0 Å². The predicted octanol–water partition coefficient (Wildman–Crippen LogP) is 2.10. The Morgan fingerprint density at radius 2 is 2.24 bits per heavy atom. The molecular weight excluding hydrogens is 366 g/mol. The van der Waals surface area contributed by atoms with Gasteiger partial charge in [-0.05, 0) is 25.8 Å². The van der Waals surface area contributed by atoms with Crippen LogP contribution in [0.4, 0.5) is 11.6 Å². The monoisotopic (exact) mass is 395 g/mol. The number of anilines is 2. The quantitative estimate of drug-likeness (QED) is 0.564. The van der Waals surface area contributed by atoms with Crippen LogP contribution in [0.5, 0.6) is 0 Å². The standard InChI is InChI=1S/C21H29N7O/c1-4-27(3)19-9-20(24-13-23-19)28-12-17(29)8-16(28)11-22-14(2)18-7-5-6-15-10-25-26-21(15)18/h5-7,9-10,13-14,16-17,22,29H,4,8,11-12H2,1-3H3,(H,25,26)/t14?,16-,17-/m1/s1. The Hall–Kier alpha value is -2.71. The van der Waals surface area contributed by atoms with Gasteiger partial charge in [0.25, 0.3) is 0 Å². The fourth-order valence-electron chi connectivity index (χ4n) is 4.01. The minimum atomic E-state index is -0.351. The number of hydrogen-bond acceptors (Lipinski definition) is 7. The Balaban J connectivity index is 1.48. The average Bonchev–Trinajstić information content (AvgIpc) is 3.37. The van der Waals surface area contributed by atoms with Crippen molar-refractivity contribution < 1.29 is 5.11 Å². The third-order valence-electron chi connectivity index (χ3n) is 5.83. The molecule has 1 unspecified atom stereocenters. The SMILES string of the molecule is CCN(C)c1cc(N2C[C@H](O)C[C@@H]2CNC(C)c2cccc3cn[nH]c23)ncn1. The molecule has 3 atom stereocenters. The van der Waals surface area contributed by atoms with Gasteiger partial charge in [0.15, 0.2) is 0 Å². The molecule has 0 radical (unpaired) electrons. The van der Waals surface area contributed by atoms with Crippen molar-refractivity contribution in [1.29, 1.82) is 0 Å². The molecule has 3 N–H and O–H groups in total. The molecule has 3 heterocycles. The van der Waals surface area contributed by atoms with E-state index in [2.05, 4.69) is 67.3 Å². The van der Waals surface area contributed by atoms with Crippen LogP contribution in [0.25, 0.3) is 10.9 Å². The van der Waals surface area contributed by atoms with Crippen molar-refractivity contribution in [2.45, 2.75) is 38.5 Å². The van der Waals surface area contributed by atoms with E-state index in [1.165, 1.54) is 5.56 Å². The van der Waals surface area contributed by atoms with E-state index in [9.17, 15) is 5.11 Å². The van der Waals surface area contributed by atoms with Gasteiger partial charge in [-0.1, -0.05) is 18.2 Å². The number of benzene rings is 1. The van der Waals surface area contributed by atoms with Crippen molar-refractivity contribution in [2.24, 2.45) is 0 Å². The lowest BCUT2D eigenvalue weighted by atomic mass is 10.0. The number of fused-ring (bicyclic) bond motifs is 1. The maximum absolute atomic E-state index is 10.3. The lowest BCUT2D eigenvalue weighted by Crippen LogP contribution is -2.39. The number of H-pyrrole nitrogens is 1. The summed E-state index contributed by atoms with van der Waals surface area (Å²) in [6.45, 7) is 6.47. The van der Waals surface area contributed by atoms with Crippen LogP contribution in [-0.4, -0.2) is 64.1 Å². The van der Waals surface area contributed by atoms with E-state index in [-0.39, 0.29) is 18.2 Å². The normalized spacial score (nSPS) is 20.3. The van der Waals surface area contributed by atoms with Crippen LogP contribution < -0.4 is 15.1 Å². The molecular formula is C21H29N7O. The first kappa shape index (κ1) is 19.6. The van der Waals surface area contributed by atoms with Crippen LogP contribution in [0.15, 0.2) is 36.8 Å². The highest BCUT2D eigenvalue weighted by Crippen LogP contribution is 2.27. The zero-order valence-corrected chi connectivity index (χ0v) is 17.2. The molecule has 0 saturated carbocycles. The molecule has 8 heteroatoms. The molecule has 0 aliphatic carbocycles. The van der Waals surface area contributed by atoms with Crippen LogP contribution >= 0.6 is 0 Å². The van der Waals surface area contributed by atoms with Gasteiger partial charge in [0.1, 0.15) is 18.0 Å². The number of hydrogen-bond donors (Lipinski definition) is 3. The first-order valence-electron chi connectivity index (χ1n) is 10.2. The fourth-order valence-corrected chi connectivity index (χ4v) is 4.01. The minimum absolute atomic E-state index is 0.158. The zero-order valence-electron chi connectivity index (χ0n) is 17.2. The van der Waals surface area contributed by atoms with Gasteiger partial charge in [-0.15, -0.1) is 0 Å². The Labute approximate surface area is 171 Å². The Morgan fingerprint density at radius 3 is 3.07 bits per heavy atom. The third-order valence-corrected chi connectivity index (χ3v) is 5.83. The molecule has 1 aliphatic heterocycles. The molecule has 29 heavy (non-hydrogen) atoms. The van der Waals surface area contributed by atoms with E-state index >= 15 is 0 Å². The number of aliphatic hydroxyl groups excluding tert-OH is 1. The highest BCUT2D eigenvalue weighted by atomic mass is 16.3. The van der Waals surface area contributed by atoms with Crippen LogP contribution in [-0.2, 0) is 0 Å². The van der Waals surface area contributed by atoms with Crippen molar-refractivity contribution in [2.75, 3.05) is 36.5 Å². The van der Waals surface area contributed by atoms with Gasteiger partial charge in [0.05, 0.1) is 17.8 Å². The number of aromatic amines is 1. The van der Waals surface area contributed by atoms with Crippen molar-refractivity contribution in [1.82, 2.24) is 25.5 Å². The molecule has 1 saturated heterocycles. The average molecular weight is 396 g/mol. The zero-order chi connectivity index (χ0) is 20.4. The van der Waals surface area contributed by atoms with E-state index in [0.717, 1.165) is 42.0 Å². The number of β-amino-alcohol motifs (C(OH)–C–C–N with tert-alkyl or cyclic N) is 1. The summed E-state index contributed by atoms with van der Waals surface area (Å²) in [5.41, 5.74) is 2.26. The summed E-state index contributed by atoms with van der Waals surface area (Å²) < 4.78 is 0. The molecule has 8 nitrogen and oxygen atoms in total. The highest BCUT2D eigenvalue weighted by molar-refractivity contribution is 5.81. The highest BCUT2D eigenvalue weighted by Gasteiger charge is 2.32. The number of aromatic nitrogens is 4. The van der Waals surface area contributed by atoms with Crippen molar-refractivity contribution in [3.63, 3.8) is 0 Å². The Morgan fingerprint density at radius 1 is 1.38 bits per heavy atom. The molecule has 154 valence electrons. The summed E-state index contributed by atoms with van der Waals surface area (Å²) in [5.74, 6) is 1.76. The van der Waals surface area contributed by atoms with Crippen molar-refractivity contribution in [3.8, 4) is 0 Å². The number of aliphatic hydroxyl groups is 1. The van der Waals surface area contributed by atoms with Gasteiger partial charge in [-0.2, -0.15) is 5.10 Å². The van der Waals surface area contributed by atoms with E-state index in [0.29, 0.717) is 6.54 Å². The number of para-hydroxylation sites is 1. The van der Waals surface area contributed by atoms with E-state index in [1.54, 1.807) is 6.33 Å². The molecule has 0 spiro atoms. The van der Waals surface area contributed by atoms with E-state index in [4.69, 9.17) is 0 Å². The number of nitrogens with one attached hydrogen (secondary N) is 2. The lowest BCUT2D eigenvalue weighted by Gasteiger charge is -2.28. The minimum Gasteiger partial charge on any atom is -0.391 e. The van der Waals surface area contributed by atoms with Gasteiger partial charge in [0, 0.05) is 50.2 Å². The van der Waals surface area contributed by atoms with Gasteiger partial charge in [0.2, 0.25) is 0 Å². The largest absolute Gasteiger partial charge is 0.391 e. The van der Waals surface area contributed by atoms with Crippen LogP contribution in [0.2, 0.25) is 0 Å². The summed E-state index contributed by atoms with van der Waals surface area (Å²) >= 11 is 0. The second-order valence-corrected chi connectivity index (χ2v) is 7.76. The summed E-state index contributed by atoms with van der Waals surface area (Å²) in [4.78, 5) is 13.1. The maximum Gasteiger partial charge on any atom is 0.134 e. The van der Waals surface area contributed by atoms with Gasteiger partial charge in [-0.25, -0.2) is 9.97 Å². The Bertz CT molecular complexity index is 959. The van der Waals surface area contributed by atoms with E-state index < -0.39 is 0 Å². The molecule has 0 amide bonds. The van der Waals surface area contributed by atoms with Crippen molar-refractivity contribution >= 4 is 22.5 Å². The summed E-state index contributed by atoms with van der Waals surface area (Å²) in [7, 11) is 2.02. The lowest BCUT2D eigenvalue weighted by molar-refractivity contribution is 0.193. The second kappa shape index (κ2) is 8.34. The van der Waals surface area contributed by atoms with Crippen LogP contribution in [0, 0.1) is 0 Å². The van der Waals surface area contributed by atoms with Crippen molar-refractivity contribution in [3.05, 3.63) is 42.4 Å². The molecule has 1 aliphatic rings. The fraction of sp³-hybridized carbons (Fsp3) is 0.476. The molecule has 0 bridgehead atoms. The summed E-state index contributed by atoms with van der Waals surface area (Å²) in [6, 6.07) is 8.57. The first-order valence-corrected chi connectivity index (χ1v) is 10.2. The Kier molecular flexibility index (Phi) is 5.64. The van der Waals surface area contributed by atoms with Crippen LogP contribution in [0.1, 0.15) is 31.9 Å². The molecule has 2 aromatic heterocycles. The third kappa shape index (κ3) is 4.04. The molecule has 3 aromatic rings. The topological polar surface area (TPSA) is 93.2 Å². The number of rotatable bonds is 7. The molecule has 4 rings (SSSR count). The summed E-state index contributed by atoms with van der Waals surface area (Å²) in [6.07, 6.45) is 3.82. The maximum atomic E-state index is 10.3. The van der Waals surface area contributed by atoms with E-state index in [1.807, 2.05) is 19.3 Å².